The van der Waals surface area contributed by atoms with E-state index < -0.39 is 6.04 Å². The zero-order valence-corrected chi connectivity index (χ0v) is 19.2. The number of halogens is 1. The van der Waals surface area contributed by atoms with Gasteiger partial charge in [0.25, 0.3) is 5.56 Å². The van der Waals surface area contributed by atoms with Gasteiger partial charge >= 0.3 is 0 Å². The lowest BCUT2D eigenvalue weighted by Gasteiger charge is -2.19. The zero-order valence-electron chi connectivity index (χ0n) is 19.2. The zero-order chi connectivity index (χ0) is 23.7. The van der Waals surface area contributed by atoms with E-state index in [9.17, 15) is 14.0 Å². The van der Waals surface area contributed by atoms with Gasteiger partial charge in [-0.25, -0.2) is 9.37 Å². The van der Waals surface area contributed by atoms with Crippen molar-refractivity contribution in [3.63, 3.8) is 0 Å². The topological polar surface area (TPSA) is 90.6 Å². The molecule has 2 heterocycles. The van der Waals surface area contributed by atoms with Crippen LogP contribution in [0.4, 0.5) is 4.39 Å². The third-order valence-electron chi connectivity index (χ3n) is 5.83. The van der Waals surface area contributed by atoms with Crippen LogP contribution in [0.15, 0.2) is 47.3 Å². The summed E-state index contributed by atoms with van der Waals surface area (Å²) in [5.74, 6) is -0.00845. The molecule has 0 unspecified atom stereocenters. The summed E-state index contributed by atoms with van der Waals surface area (Å²) in [5.41, 5.74) is 6.27. The monoisotopic (exact) mass is 446 g/mol. The van der Waals surface area contributed by atoms with Crippen LogP contribution in [-0.4, -0.2) is 20.9 Å². The predicted octanol–water partition coefficient (Wildman–Crippen LogP) is 4.27. The van der Waals surface area contributed by atoms with Gasteiger partial charge in [-0.15, -0.1) is 0 Å². The molecule has 0 spiro atoms. The summed E-state index contributed by atoms with van der Waals surface area (Å²) in [6.45, 7) is 7.77. The Morgan fingerprint density at radius 1 is 1.06 bits per heavy atom. The molecule has 1 atom stereocenters. The van der Waals surface area contributed by atoms with Crippen molar-refractivity contribution < 1.29 is 9.18 Å². The Labute approximate surface area is 191 Å². The molecule has 0 aliphatic heterocycles. The maximum atomic E-state index is 13.5. The second-order valence-electron chi connectivity index (χ2n) is 8.61. The number of nitrogens with zero attached hydrogens (tertiary/aromatic N) is 1. The number of aromatic nitrogens is 3. The summed E-state index contributed by atoms with van der Waals surface area (Å²) in [5, 5.41) is 4.14. The molecule has 3 N–H and O–H groups in total. The van der Waals surface area contributed by atoms with Crippen molar-refractivity contribution >= 4 is 16.8 Å². The molecular weight excluding hydrogens is 419 g/mol. The maximum Gasteiger partial charge on any atom is 0.251 e. The number of hydrogen-bond donors (Lipinski definition) is 3. The van der Waals surface area contributed by atoms with E-state index >= 15 is 0 Å². The SMILES string of the molecule is Cc1cc(C)c2c(CC(=O)N[C@@H](Cc3cc(=O)[nH]c(C)n3)c3ccc(F)cc3)c(C)[nH]c2c1. The molecule has 4 rings (SSSR count). The van der Waals surface area contributed by atoms with E-state index in [1.54, 1.807) is 19.1 Å². The first-order valence-corrected chi connectivity index (χ1v) is 10.9. The average molecular weight is 447 g/mol. The number of fused-ring (bicyclic) bond motifs is 1. The predicted molar refractivity (Wildman–Crippen MR) is 127 cm³/mol. The summed E-state index contributed by atoms with van der Waals surface area (Å²) >= 11 is 0. The average Bonchev–Trinajstić information content (AvgIpc) is 3.02. The highest BCUT2D eigenvalue weighted by atomic mass is 19.1. The minimum Gasteiger partial charge on any atom is -0.358 e. The summed E-state index contributed by atoms with van der Waals surface area (Å²) in [6, 6.07) is 11.2. The molecule has 0 saturated carbocycles. The van der Waals surface area contributed by atoms with E-state index in [-0.39, 0.29) is 23.7 Å². The van der Waals surface area contributed by atoms with Crippen molar-refractivity contribution in [2.24, 2.45) is 0 Å². The van der Waals surface area contributed by atoms with Crippen LogP contribution in [0.5, 0.6) is 0 Å². The molecule has 2 aromatic heterocycles. The molecular formula is C26H27FN4O2. The minimum absolute atomic E-state index is 0.158. The fraction of sp³-hybridized carbons (Fsp3) is 0.269. The van der Waals surface area contributed by atoms with Crippen molar-refractivity contribution in [1.29, 1.82) is 0 Å². The summed E-state index contributed by atoms with van der Waals surface area (Å²) in [7, 11) is 0. The van der Waals surface area contributed by atoms with Crippen molar-refractivity contribution in [2.75, 3.05) is 0 Å². The Bertz CT molecular complexity index is 1390. The van der Waals surface area contributed by atoms with Crippen LogP contribution < -0.4 is 10.9 Å². The highest BCUT2D eigenvalue weighted by molar-refractivity contribution is 5.92. The van der Waals surface area contributed by atoms with Gasteiger partial charge in [0, 0.05) is 29.1 Å². The molecule has 0 bridgehead atoms. The van der Waals surface area contributed by atoms with Crippen LogP contribution in [0.2, 0.25) is 0 Å². The number of rotatable bonds is 6. The number of hydrogen-bond acceptors (Lipinski definition) is 3. The third kappa shape index (κ3) is 5.03. The van der Waals surface area contributed by atoms with E-state index in [0.29, 0.717) is 17.9 Å². The van der Waals surface area contributed by atoms with Crippen LogP contribution >= 0.6 is 0 Å². The molecule has 170 valence electrons. The van der Waals surface area contributed by atoms with Gasteiger partial charge in [-0.3, -0.25) is 9.59 Å². The highest BCUT2D eigenvalue weighted by Gasteiger charge is 2.20. The van der Waals surface area contributed by atoms with Crippen molar-refractivity contribution in [3.05, 3.63) is 98.1 Å². The number of nitrogens with one attached hydrogen (secondary N) is 3. The first kappa shape index (κ1) is 22.5. The Hall–Kier alpha value is -3.74. The van der Waals surface area contributed by atoms with Crippen LogP contribution in [0.1, 0.15) is 45.5 Å². The number of carbonyl (C=O) groups excluding carboxylic acids is 1. The second kappa shape index (κ2) is 9.02. The van der Waals surface area contributed by atoms with Gasteiger partial charge in [0.1, 0.15) is 11.6 Å². The number of amides is 1. The minimum atomic E-state index is -0.458. The van der Waals surface area contributed by atoms with E-state index in [1.807, 2.05) is 20.8 Å². The summed E-state index contributed by atoms with van der Waals surface area (Å²) in [6.07, 6.45) is 0.516. The van der Waals surface area contributed by atoms with Crippen molar-refractivity contribution in [3.8, 4) is 0 Å². The van der Waals surface area contributed by atoms with Crippen molar-refractivity contribution in [2.45, 2.75) is 46.6 Å². The van der Waals surface area contributed by atoms with Gasteiger partial charge in [0.05, 0.1) is 18.2 Å². The lowest BCUT2D eigenvalue weighted by molar-refractivity contribution is -0.121. The summed E-state index contributed by atoms with van der Waals surface area (Å²) in [4.78, 5) is 35.5. The molecule has 0 fully saturated rings. The smallest absolute Gasteiger partial charge is 0.251 e. The fourth-order valence-electron chi connectivity index (χ4n) is 4.46. The standard InChI is InChI=1S/C26H27FN4O2/c1-14-9-15(2)26-21(16(3)28-23(26)10-14)13-25(33)31-22(18-5-7-19(27)8-6-18)11-20-12-24(32)30-17(4)29-20/h5-10,12,22,28H,11,13H2,1-4H3,(H,31,33)(H,29,30,32)/t22-/m0/s1. The van der Waals surface area contributed by atoms with Gasteiger partial charge in [-0.1, -0.05) is 18.2 Å². The number of H-pyrrole nitrogens is 2. The van der Waals surface area contributed by atoms with E-state index in [2.05, 4.69) is 32.4 Å². The Morgan fingerprint density at radius 2 is 1.79 bits per heavy atom. The Balaban J connectivity index is 1.63. The number of carbonyl (C=O) groups is 1. The molecule has 2 aromatic carbocycles. The van der Waals surface area contributed by atoms with Gasteiger partial charge in [0.15, 0.2) is 0 Å². The van der Waals surface area contributed by atoms with Crippen LogP contribution in [0.25, 0.3) is 10.9 Å². The van der Waals surface area contributed by atoms with Crippen molar-refractivity contribution in [1.82, 2.24) is 20.3 Å². The third-order valence-corrected chi connectivity index (χ3v) is 5.83. The van der Waals surface area contributed by atoms with Gasteiger partial charge < -0.3 is 15.3 Å². The van der Waals surface area contributed by atoms with E-state index in [0.717, 1.165) is 38.9 Å². The van der Waals surface area contributed by atoms with E-state index in [4.69, 9.17) is 0 Å². The lowest BCUT2D eigenvalue weighted by Crippen LogP contribution is -2.32. The van der Waals surface area contributed by atoms with Gasteiger partial charge in [0.2, 0.25) is 5.91 Å². The number of aryl methyl sites for hydroxylation is 4. The molecule has 0 saturated heterocycles. The van der Waals surface area contributed by atoms with E-state index in [1.165, 1.54) is 18.2 Å². The molecule has 6 nitrogen and oxygen atoms in total. The summed E-state index contributed by atoms with van der Waals surface area (Å²) < 4.78 is 13.5. The quantitative estimate of drug-likeness (QED) is 0.413. The normalized spacial score (nSPS) is 12.2. The second-order valence-corrected chi connectivity index (χ2v) is 8.61. The molecule has 7 heteroatoms. The Kier molecular flexibility index (Phi) is 6.14. The molecule has 1 amide bonds. The molecule has 4 aromatic rings. The van der Waals surface area contributed by atoms with Crippen LogP contribution in [0, 0.1) is 33.5 Å². The number of aromatic amines is 2. The molecule has 33 heavy (non-hydrogen) atoms. The first-order chi connectivity index (χ1) is 15.7. The largest absolute Gasteiger partial charge is 0.358 e. The van der Waals surface area contributed by atoms with Gasteiger partial charge in [-0.2, -0.15) is 0 Å². The lowest BCUT2D eigenvalue weighted by atomic mass is 9.99. The molecule has 0 aliphatic rings. The van der Waals surface area contributed by atoms with Crippen LogP contribution in [-0.2, 0) is 17.6 Å². The first-order valence-electron chi connectivity index (χ1n) is 10.9. The molecule has 0 radical (unpaired) electrons. The maximum absolute atomic E-state index is 13.5. The highest BCUT2D eigenvalue weighted by Crippen LogP contribution is 2.28. The fourth-order valence-corrected chi connectivity index (χ4v) is 4.46. The van der Waals surface area contributed by atoms with Gasteiger partial charge in [-0.05, 0) is 68.1 Å². The molecule has 0 aliphatic carbocycles. The van der Waals surface area contributed by atoms with Crippen LogP contribution in [0.3, 0.4) is 0 Å². The number of benzene rings is 2. The Morgan fingerprint density at radius 3 is 2.48 bits per heavy atom.